The van der Waals surface area contributed by atoms with Crippen molar-refractivity contribution in [3.63, 3.8) is 0 Å². The molecular formula is C21H27NO2S. The second kappa shape index (κ2) is 10.1. The number of aryl methyl sites for hydroxylation is 2. The van der Waals surface area contributed by atoms with Gasteiger partial charge in [0.05, 0.1) is 0 Å². The monoisotopic (exact) mass is 357 g/mol. The highest BCUT2D eigenvalue weighted by molar-refractivity contribution is 7.98. The summed E-state index contributed by atoms with van der Waals surface area (Å²) < 4.78 is 5.92. The molecular weight excluding hydrogens is 330 g/mol. The summed E-state index contributed by atoms with van der Waals surface area (Å²) >= 11 is 1.82. The van der Waals surface area contributed by atoms with E-state index in [2.05, 4.69) is 23.5 Å². The SMILES string of the molecule is CC[C@@H](Oc1ccc(C)cc1C)C(=O)NCCSCc1ccccc1. The second-order valence-electron chi connectivity index (χ2n) is 6.11. The first-order valence-electron chi connectivity index (χ1n) is 8.73. The molecule has 0 unspecified atom stereocenters. The molecule has 1 N–H and O–H groups in total. The molecule has 3 nitrogen and oxygen atoms in total. The number of hydrogen-bond acceptors (Lipinski definition) is 3. The molecule has 25 heavy (non-hydrogen) atoms. The molecule has 4 heteroatoms. The molecule has 0 radical (unpaired) electrons. The number of amides is 1. The van der Waals surface area contributed by atoms with E-state index < -0.39 is 6.10 Å². The highest BCUT2D eigenvalue weighted by atomic mass is 32.2. The van der Waals surface area contributed by atoms with E-state index >= 15 is 0 Å². The molecule has 1 amide bonds. The molecule has 0 fully saturated rings. The summed E-state index contributed by atoms with van der Waals surface area (Å²) in [5.74, 6) is 2.60. The minimum atomic E-state index is -0.444. The topological polar surface area (TPSA) is 38.3 Å². The van der Waals surface area contributed by atoms with Crippen LogP contribution in [0.25, 0.3) is 0 Å². The smallest absolute Gasteiger partial charge is 0.261 e. The molecule has 134 valence electrons. The van der Waals surface area contributed by atoms with Crippen molar-refractivity contribution >= 4 is 17.7 Å². The van der Waals surface area contributed by atoms with E-state index in [0.717, 1.165) is 22.8 Å². The average Bonchev–Trinajstić information content (AvgIpc) is 2.61. The highest BCUT2D eigenvalue weighted by Gasteiger charge is 2.18. The summed E-state index contributed by atoms with van der Waals surface area (Å²) in [7, 11) is 0. The fraction of sp³-hybridized carbons (Fsp3) is 0.381. The quantitative estimate of drug-likeness (QED) is 0.671. The van der Waals surface area contributed by atoms with Crippen molar-refractivity contribution in [1.82, 2.24) is 5.32 Å². The lowest BCUT2D eigenvalue weighted by Gasteiger charge is -2.19. The summed E-state index contributed by atoms with van der Waals surface area (Å²) in [6, 6.07) is 16.4. The van der Waals surface area contributed by atoms with Crippen LogP contribution in [-0.2, 0) is 10.5 Å². The average molecular weight is 358 g/mol. The Bertz CT molecular complexity index is 673. The number of rotatable bonds is 9. The zero-order valence-electron chi connectivity index (χ0n) is 15.2. The van der Waals surface area contributed by atoms with Crippen LogP contribution in [0, 0.1) is 13.8 Å². The van der Waals surface area contributed by atoms with Gasteiger partial charge in [-0.15, -0.1) is 0 Å². The van der Waals surface area contributed by atoms with Crippen LogP contribution in [0.1, 0.15) is 30.0 Å². The van der Waals surface area contributed by atoms with Gasteiger partial charge in [0.2, 0.25) is 0 Å². The standard InChI is InChI=1S/C21H27NO2S/c1-4-19(24-20-11-10-16(2)14-17(20)3)21(23)22-12-13-25-15-18-8-6-5-7-9-18/h5-11,14,19H,4,12-13,15H2,1-3H3,(H,22,23)/t19-/m1/s1. The fourth-order valence-electron chi connectivity index (χ4n) is 2.53. The predicted octanol–water partition coefficient (Wildman–Crippen LogP) is 4.51. The van der Waals surface area contributed by atoms with Gasteiger partial charge in [-0.2, -0.15) is 11.8 Å². The molecule has 0 bridgehead atoms. The van der Waals surface area contributed by atoms with Crippen molar-refractivity contribution in [2.45, 2.75) is 39.0 Å². The largest absolute Gasteiger partial charge is 0.480 e. The highest BCUT2D eigenvalue weighted by Crippen LogP contribution is 2.21. The first-order chi connectivity index (χ1) is 12.1. The lowest BCUT2D eigenvalue weighted by Crippen LogP contribution is -2.39. The zero-order valence-corrected chi connectivity index (χ0v) is 16.1. The van der Waals surface area contributed by atoms with Gasteiger partial charge in [0.1, 0.15) is 5.75 Å². The number of carbonyl (C=O) groups is 1. The van der Waals surface area contributed by atoms with E-state index in [1.807, 2.05) is 62.9 Å². The number of thioether (sulfide) groups is 1. The number of nitrogens with one attached hydrogen (secondary N) is 1. The predicted molar refractivity (Wildman–Crippen MR) is 106 cm³/mol. The lowest BCUT2D eigenvalue weighted by atomic mass is 10.1. The Morgan fingerprint density at radius 1 is 1.16 bits per heavy atom. The fourth-order valence-corrected chi connectivity index (χ4v) is 3.35. The molecule has 2 aromatic carbocycles. The van der Waals surface area contributed by atoms with Crippen molar-refractivity contribution < 1.29 is 9.53 Å². The third-order valence-electron chi connectivity index (χ3n) is 3.92. The lowest BCUT2D eigenvalue weighted by molar-refractivity contribution is -0.128. The molecule has 2 aromatic rings. The molecule has 0 aromatic heterocycles. The van der Waals surface area contributed by atoms with Crippen LogP contribution in [-0.4, -0.2) is 24.3 Å². The van der Waals surface area contributed by atoms with Gasteiger partial charge < -0.3 is 10.1 Å². The van der Waals surface area contributed by atoms with E-state index in [1.54, 1.807) is 0 Å². The molecule has 2 rings (SSSR count). The van der Waals surface area contributed by atoms with Crippen LogP contribution in [0.5, 0.6) is 5.75 Å². The summed E-state index contributed by atoms with van der Waals surface area (Å²) in [5.41, 5.74) is 3.56. The Hall–Kier alpha value is -1.94. The third kappa shape index (κ3) is 6.46. The maximum Gasteiger partial charge on any atom is 0.261 e. The maximum atomic E-state index is 12.3. The van der Waals surface area contributed by atoms with Gasteiger partial charge in [-0.1, -0.05) is 55.0 Å². The van der Waals surface area contributed by atoms with Crippen molar-refractivity contribution in [2.75, 3.05) is 12.3 Å². The Morgan fingerprint density at radius 3 is 2.60 bits per heavy atom. The minimum absolute atomic E-state index is 0.0391. The number of hydrogen-bond donors (Lipinski definition) is 1. The molecule has 0 heterocycles. The Labute approximate surface area is 155 Å². The summed E-state index contributed by atoms with van der Waals surface area (Å²) in [4.78, 5) is 12.3. The Morgan fingerprint density at radius 2 is 1.92 bits per heavy atom. The van der Waals surface area contributed by atoms with Gasteiger partial charge in [0.25, 0.3) is 5.91 Å². The summed E-state index contributed by atoms with van der Waals surface area (Å²) in [6.45, 7) is 6.68. The molecule has 0 spiro atoms. The molecule has 0 saturated carbocycles. The van der Waals surface area contributed by atoms with Crippen molar-refractivity contribution in [3.05, 3.63) is 65.2 Å². The third-order valence-corrected chi connectivity index (χ3v) is 4.95. The van der Waals surface area contributed by atoms with E-state index in [4.69, 9.17) is 4.74 Å². The van der Waals surface area contributed by atoms with E-state index in [1.165, 1.54) is 11.1 Å². The maximum absolute atomic E-state index is 12.3. The van der Waals surface area contributed by atoms with Crippen LogP contribution < -0.4 is 10.1 Å². The molecule has 0 aliphatic rings. The summed E-state index contributed by atoms with van der Waals surface area (Å²) in [6.07, 6.45) is 0.205. The van der Waals surface area contributed by atoms with Gasteiger partial charge in [-0.3, -0.25) is 4.79 Å². The Balaban J connectivity index is 1.74. The first-order valence-corrected chi connectivity index (χ1v) is 9.89. The van der Waals surface area contributed by atoms with Crippen LogP contribution in [0.3, 0.4) is 0 Å². The number of carbonyl (C=O) groups excluding carboxylic acids is 1. The van der Waals surface area contributed by atoms with Gasteiger partial charge in [0, 0.05) is 18.1 Å². The van der Waals surface area contributed by atoms with Gasteiger partial charge in [0.15, 0.2) is 6.10 Å². The number of benzene rings is 2. The normalized spacial score (nSPS) is 11.8. The number of ether oxygens (including phenoxy) is 1. The van der Waals surface area contributed by atoms with E-state index in [9.17, 15) is 4.79 Å². The van der Waals surface area contributed by atoms with Crippen molar-refractivity contribution in [1.29, 1.82) is 0 Å². The zero-order chi connectivity index (χ0) is 18.1. The molecule has 1 atom stereocenters. The van der Waals surface area contributed by atoms with Crippen LogP contribution in [0.4, 0.5) is 0 Å². The molecule has 0 aliphatic heterocycles. The van der Waals surface area contributed by atoms with Gasteiger partial charge in [-0.25, -0.2) is 0 Å². The molecule has 0 aliphatic carbocycles. The minimum Gasteiger partial charge on any atom is -0.480 e. The van der Waals surface area contributed by atoms with Gasteiger partial charge >= 0.3 is 0 Å². The van der Waals surface area contributed by atoms with Crippen LogP contribution >= 0.6 is 11.8 Å². The Kier molecular flexibility index (Phi) is 7.86. The summed E-state index contributed by atoms with van der Waals surface area (Å²) in [5, 5.41) is 2.99. The van der Waals surface area contributed by atoms with Crippen LogP contribution in [0.15, 0.2) is 48.5 Å². The molecule has 0 saturated heterocycles. The first kappa shape index (κ1) is 19.4. The van der Waals surface area contributed by atoms with E-state index in [0.29, 0.717) is 13.0 Å². The second-order valence-corrected chi connectivity index (χ2v) is 7.22. The van der Waals surface area contributed by atoms with E-state index in [-0.39, 0.29) is 5.91 Å². The van der Waals surface area contributed by atoms with Crippen molar-refractivity contribution in [3.8, 4) is 5.75 Å². The van der Waals surface area contributed by atoms with Crippen LogP contribution in [0.2, 0.25) is 0 Å². The van der Waals surface area contributed by atoms with Gasteiger partial charge in [-0.05, 0) is 37.5 Å². The van der Waals surface area contributed by atoms with Crippen molar-refractivity contribution in [2.24, 2.45) is 0 Å².